The van der Waals surface area contributed by atoms with Crippen molar-refractivity contribution < 1.29 is 28.7 Å². The highest BCUT2D eigenvalue weighted by molar-refractivity contribution is 7.65. The molecular formula is C19H36NO6P. The first-order valence-electron chi connectivity index (χ1n) is 9.69. The van der Waals surface area contributed by atoms with E-state index in [9.17, 15) is 19.3 Å². The van der Waals surface area contributed by atoms with Gasteiger partial charge in [0.25, 0.3) is 0 Å². The first-order valence-corrected chi connectivity index (χ1v) is 11.8. The number of hydrogen-bond donors (Lipinski definition) is 2. The first-order chi connectivity index (χ1) is 12.3. The van der Waals surface area contributed by atoms with E-state index in [-0.39, 0.29) is 51.2 Å². The van der Waals surface area contributed by atoms with E-state index in [1.165, 1.54) is 0 Å². The molecule has 0 spiro atoms. The average molecular weight is 405 g/mol. The molecule has 0 radical (unpaired) electrons. The predicted octanol–water partition coefficient (Wildman–Crippen LogP) is 2.89. The van der Waals surface area contributed by atoms with Crippen LogP contribution in [0, 0.1) is 0 Å². The largest absolute Gasteiger partial charge is 0.466 e. The number of aliphatic hydroxyl groups is 1. The maximum Gasteiger partial charge on any atom is 0.306 e. The number of ether oxygens (including phenoxy) is 2. The summed E-state index contributed by atoms with van der Waals surface area (Å²) in [6, 6.07) is 0. The Labute approximate surface area is 162 Å². The van der Waals surface area contributed by atoms with Gasteiger partial charge in [0.2, 0.25) is 0 Å². The summed E-state index contributed by atoms with van der Waals surface area (Å²) in [4.78, 5) is 23.7. The Balaban J connectivity index is 3.11. The van der Waals surface area contributed by atoms with Crippen molar-refractivity contribution in [2.24, 2.45) is 0 Å². The van der Waals surface area contributed by atoms with Crippen LogP contribution in [0.15, 0.2) is 0 Å². The summed E-state index contributed by atoms with van der Waals surface area (Å²) < 4.78 is 23.9. The van der Waals surface area contributed by atoms with Crippen molar-refractivity contribution in [2.75, 3.05) is 25.5 Å². The van der Waals surface area contributed by atoms with Crippen LogP contribution >= 0.6 is 7.14 Å². The van der Waals surface area contributed by atoms with Gasteiger partial charge in [-0.05, 0) is 41.5 Å². The van der Waals surface area contributed by atoms with E-state index in [0.717, 1.165) is 0 Å². The van der Waals surface area contributed by atoms with Crippen LogP contribution in [0.1, 0.15) is 67.2 Å². The van der Waals surface area contributed by atoms with Crippen LogP contribution in [0.2, 0.25) is 0 Å². The Kier molecular flexibility index (Phi) is 8.10. The van der Waals surface area contributed by atoms with Gasteiger partial charge in [0, 0.05) is 36.2 Å². The second-order valence-electron chi connectivity index (χ2n) is 8.68. The summed E-state index contributed by atoms with van der Waals surface area (Å²) in [5.74, 6) is -0.880. The molecule has 1 aliphatic rings. The number of carbonyl (C=O) groups is 2. The fourth-order valence-corrected chi connectivity index (χ4v) is 7.82. The van der Waals surface area contributed by atoms with Gasteiger partial charge in [-0.1, -0.05) is 0 Å². The Morgan fingerprint density at radius 3 is 1.63 bits per heavy atom. The smallest absolute Gasteiger partial charge is 0.306 e. The summed E-state index contributed by atoms with van der Waals surface area (Å²) in [5, 5.41) is 13.6. The van der Waals surface area contributed by atoms with Crippen LogP contribution in [0.3, 0.4) is 0 Å². The van der Waals surface area contributed by atoms with Gasteiger partial charge in [-0.2, -0.15) is 0 Å². The molecule has 0 aromatic heterocycles. The molecule has 0 saturated carbocycles. The topological polar surface area (TPSA) is 102 Å². The molecule has 0 unspecified atom stereocenters. The molecular weight excluding hydrogens is 369 g/mol. The fourth-order valence-electron chi connectivity index (χ4n) is 4.31. The van der Waals surface area contributed by atoms with Crippen molar-refractivity contribution in [3.8, 4) is 0 Å². The van der Waals surface area contributed by atoms with E-state index in [0.29, 0.717) is 0 Å². The van der Waals surface area contributed by atoms with Crippen molar-refractivity contribution in [2.45, 2.75) is 83.6 Å². The molecule has 0 amide bonds. The van der Waals surface area contributed by atoms with Gasteiger partial charge in [-0.25, -0.2) is 0 Å². The highest BCUT2D eigenvalue weighted by atomic mass is 31.2. The molecule has 158 valence electrons. The Bertz CT molecular complexity index is 545. The number of nitrogens with one attached hydrogen (secondary N) is 1. The van der Waals surface area contributed by atoms with Gasteiger partial charge < -0.3 is 24.5 Å². The molecule has 1 fully saturated rings. The SMILES string of the molecule is CCOC(=O)CCP(=O)(CCC(=O)OCC)C1(O)CC(C)(C)NC(C)(C)C1. The summed E-state index contributed by atoms with van der Waals surface area (Å²) in [6.07, 6.45) is 0.537. The highest BCUT2D eigenvalue weighted by Gasteiger charge is 2.55. The molecule has 7 nitrogen and oxygen atoms in total. The molecule has 1 heterocycles. The second kappa shape index (κ2) is 9.06. The number of carbonyl (C=O) groups excluding carboxylic acids is 2. The maximum absolute atomic E-state index is 14.0. The van der Waals surface area contributed by atoms with Crippen molar-refractivity contribution in [3.63, 3.8) is 0 Å². The van der Waals surface area contributed by atoms with Crippen LogP contribution in [-0.2, 0) is 23.6 Å². The quantitative estimate of drug-likeness (QED) is 0.449. The van der Waals surface area contributed by atoms with Crippen molar-refractivity contribution in [3.05, 3.63) is 0 Å². The van der Waals surface area contributed by atoms with Gasteiger partial charge in [0.05, 0.1) is 26.1 Å². The number of hydrogen-bond acceptors (Lipinski definition) is 7. The number of esters is 2. The molecule has 27 heavy (non-hydrogen) atoms. The monoisotopic (exact) mass is 405 g/mol. The van der Waals surface area contributed by atoms with Crippen molar-refractivity contribution in [1.82, 2.24) is 5.32 Å². The van der Waals surface area contributed by atoms with E-state index in [1.54, 1.807) is 13.8 Å². The van der Waals surface area contributed by atoms with Crippen LogP contribution in [0.25, 0.3) is 0 Å². The zero-order valence-corrected chi connectivity index (χ0v) is 18.5. The third-order valence-electron chi connectivity index (χ3n) is 4.85. The molecule has 0 aliphatic carbocycles. The summed E-state index contributed by atoms with van der Waals surface area (Å²) in [7, 11) is -3.31. The molecule has 1 aliphatic heterocycles. The third kappa shape index (κ3) is 6.88. The maximum atomic E-state index is 14.0. The minimum Gasteiger partial charge on any atom is -0.466 e. The lowest BCUT2D eigenvalue weighted by Crippen LogP contribution is -2.63. The highest BCUT2D eigenvalue weighted by Crippen LogP contribution is 2.64. The molecule has 8 heteroatoms. The number of rotatable bonds is 9. The lowest BCUT2D eigenvalue weighted by atomic mass is 9.80. The van der Waals surface area contributed by atoms with Gasteiger partial charge in [-0.15, -0.1) is 0 Å². The van der Waals surface area contributed by atoms with E-state index in [2.05, 4.69) is 5.32 Å². The van der Waals surface area contributed by atoms with Crippen LogP contribution in [-0.4, -0.2) is 59.0 Å². The zero-order valence-electron chi connectivity index (χ0n) is 17.6. The van der Waals surface area contributed by atoms with Crippen LogP contribution in [0.4, 0.5) is 0 Å². The van der Waals surface area contributed by atoms with E-state index < -0.39 is 35.5 Å². The van der Waals surface area contributed by atoms with Gasteiger partial charge in [-0.3, -0.25) is 9.59 Å². The van der Waals surface area contributed by atoms with Crippen molar-refractivity contribution >= 4 is 19.1 Å². The average Bonchev–Trinajstić information content (AvgIpc) is 2.48. The van der Waals surface area contributed by atoms with E-state index in [1.807, 2.05) is 27.7 Å². The summed E-state index contributed by atoms with van der Waals surface area (Å²) >= 11 is 0. The fraction of sp³-hybridized carbons (Fsp3) is 0.895. The zero-order chi connectivity index (χ0) is 20.9. The Morgan fingerprint density at radius 2 is 1.30 bits per heavy atom. The number of piperidine rings is 1. The Hall–Kier alpha value is -0.910. The third-order valence-corrected chi connectivity index (χ3v) is 8.58. The summed E-state index contributed by atoms with van der Waals surface area (Å²) in [6.45, 7) is 11.8. The molecule has 1 rings (SSSR count). The van der Waals surface area contributed by atoms with E-state index in [4.69, 9.17) is 9.47 Å². The molecule has 0 aromatic carbocycles. The molecule has 0 atom stereocenters. The molecule has 0 aromatic rings. The molecule has 1 saturated heterocycles. The van der Waals surface area contributed by atoms with E-state index >= 15 is 0 Å². The predicted molar refractivity (Wildman–Crippen MR) is 105 cm³/mol. The first kappa shape index (κ1) is 24.1. The molecule has 2 N–H and O–H groups in total. The standard InChI is InChI=1S/C19H36NO6P/c1-7-25-15(21)9-11-27(24,12-10-16(22)26-8-2)19(23)13-17(3,4)20-18(5,6)14-19/h20,23H,7-14H2,1-6H3. The lowest BCUT2D eigenvalue weighted by Gasteiger charge is -2.53. The Morgan fingerprint density at radius 1 is 0.926 bits per heavy atom. The molecule has 0 bridgehead atoms. The van der Waals surface area contributed by atoms with Crippen molar-refractivity contribution in [1.29, 1.82) is 0 Å². The van der Waals surface area contributed by atoms with Gasteiger partial charge in [0.15, 0.2) is 0 Å². The summed E-state index contributed by atoms with van der Waals surface area (Å²) in [5.41, 5.74) is -0.861. The van der Waals surface area contributed by atoms with Crippen LogP contribution < -0.4 is 5.32 Å². The minimum absolute atomic E-state index is 0.0217. The minimum atomic E-state index is -3.31. The van der Waals surface area contributed by atoms with Gasteiger partial charge >= 0.3 is 11.9 Å². The normalized spacial score (nSPS) is 20.7. The van der Waals surface area contributed by atoms with Crippen LogP contribution in [0.5, 0.6) is 0 Å². The van der Waals surface area contributed by atoms with Gasteiger partial charge in [0.1, 0.15) is 12.5 Å². The lowest BCUT2D eigenvalue weighted by molar-refractivity contribution is -0.143. The second-order valence-corrected chi connectivity index (χ2v) is 12.2.